The number of hydrogen-bond donors (Lipinski definition) is 2. The SMILES string of the molecule is CN1CCN(CCNC(=O)C2CCCNCC2)C1=O. The molecule has 0 aromatic heterocycles. The second-order valence-corrected chi connectivity index (χ2v) is 5.36. The first-order valence-electron chi connectivity index (χ1n) is 7.17. The molecule has 6 heteroatoms. The molecule has 19 heavy (non-hydrogen) atoms. The van der Waals surface area contributed by atoms with Crippen molar-refractivity contribution in [2.75, 3.05) is 46.3 Å². The van der Waals surface area contributed by atoms with E-state index >= 15 is 0 Å². The molecule has 0 aliphatic carbocycles. The van der Waals surface area contributed by atoms with E-state index in [0.29, 0.717) is 13.1 Å². The summed E-state index contributed by atoms with van der Waals surface area (Å²) in [7, 11) is 1.81. The van der Waals surface area contributed by atoms with Gasteiger partial charge in [-0.25, -0.2) is 4.79 Å². The Hall–Kier alpha value is -1.30. The third kappa shape index (κ3) is 3.83. The van der Waals surface area contributed by atoms with Crippen LogP contribution in [-0.4, -0.2) is 68.1 Å². The smallest absolute Gasteiger partial charge is 0.319 e. The lowest BCUT2D eigenvalue weighted by atomic mass is 10.00. The van der Waals surface area contributed by atoms with Crippen molar-refractivity contribution in [2.45, 2.75) is 19.3 Å². The number of nitrogens with zero attached hydrogens (tertiary/aromatic N) is 2. The van der Waals surface area contributed by atoms with Gasteiger partial charge in [0.15, 0.2) is 0 Å². The Balaban J connectivity index is 1.67. The van der Waals surface area contributed by atoms with Crippen molar-refractivity contribution in [1.29, 1.82) is 0 Å². The third-order valence-electron chi connectivity index (χ3n) is 3.93. The normalized spacial score (nSPS) is 24.5. The highest BCUT2D eigenvalue weighted by atomic mass is 16.2. The van der Waals surface area contributed by atoms with Crippen LogP contribution < -0.4 is 10.6 Å². The predicted molar refractivity (Wildman–Crippen MR) is 72.8 cm³/mol. The number of carbonyl (C=O) groups excluding carboxylic acids is 2. The van der Waals surface area contributed by atoms with Gasteiger partial charge in [-0.1, -0.05) is 0 Å². The minimum Gasteiger partial charge on any atom is -0.354 e. The summed E-state index contributed by atoms with van der Waals surface area (Å²) in [6, 6.07) is 0.0629. The van der Waals surface area contributed by atoms with Gasteiger partial charge < -0.3 is 20.4 Å². The summed E-state index contributed by atoms with van der Waals surface area (Å²) in [5.41, 5.74) is 0. The zero-order valence-electron chi connectivity index (χ0n) is 11.7. The fourth-order valence-corrected chi connectivity index (χ4v) is 2.65. The first kappa shape index (κ1) is 14.1. The van der Waals surface area contributed by atoms with E-state index in [4.69, 9.17) is 0 Å². The van der Waals surface area contributed by atoms with Crippen molar-refractivity contribution in [3.05, 3.63) is 0 Å². The molecule has 2 heterocycles. The Morgan fingerprint density at radius 2 is 2.21 bits per heavy atom. The van der Waals surface area contributed by atoms with Crippen molar-refractivity contribution < 1.29 is 9.59 Å². The summed E-state index contributed by atoms with van der Waals surface area (Å²) < 4.78 is 0. The van der Waals surface area contributed by atoms with E-state index < -0.39 is 0 Å². The Labute approximate surface area is 114 Å². The summed E-state index contributed by atoms with van der Waals surface area (Å²) in [6.07, 6.45) is 2.94. The van der Waals surface area contributed by atoms with Gasteiger partial charge >= 0.3 is 6.03 Å². The minimum absolute atomic E-state index is 0.0629. The number of amides is 3. The highest BCUT2D eigenvalue weighted by Gasteiger charge is 2.25. The average Bonchev–Trinajstić information content (AvgIpc) is 2.65. The maximum absolute atomic E-state index is 12.0. The highest BCUT2D eigenvalue weighted by Crippen LogP contribution is 2.13. The number of rotatable bonds is 4. The molecule has 2 fully saturated rings. The monoisotopic (exact) mass is 268 g/mol. The molecule has 1 unspecified atom stereocenters. The molecule has 2 aliphatic rings. The van der Waals surface area contributed by atoms with Crippen LogP contribution in [-0.2, 0) is 4.79 Å². The van der Waals surface area contributed by atoms with Crippen molar-refractivity contribution in [3.8, 4) is 0 Å². The number of hydrogen-bond acceptors (Lipinski definition) is 3. The summed E-state index contributed by atoms with van der Waals surface area (Å²) in [5, 5.41) is 6.27. The maximum atomic E-state index is 12.0. The molecule has 108 valence electrons. The quantitative estimate of drug-likeness (QED) is 0.746. The van der Waals surface area contributed by atoms with E-state index in [-0.39, 0.29) is 17.9 Å². The molecule has 2 saturated heterocycles. The molecule has 2 rings (SSSR count). The first-order valence-corrected chi connectivity index (χ1v) is 7.17. The van der Waals surface area contributed by atoms with Crippen LogP contribution in [0, 0.1) is 5.92 Å². The molecule has 2 N–H and O–H groups in total. The summed E-state index contributed by atoms with van der Waals surface area (Å²) in [6.45, 7) is 4.65. The van der Waals surface area contributed by atoms with Crippen molar-refractivity contribution >= 4 is 11.9 Å². The van der Waals surface area contributed by atoms with E-state index in [1.165, 1.54) is 0 Å². The second-order valence-electron chi connectivity index (χ2n) is 5.36. The van der Waals surface area contributed by atoms with E-state index in [9.17, 15) is 9.59 Å². The molecule has 0 spiro atoms. The lowest BCUT2D eigenvalue weighted by Gasteiger charge is -2.18. The van der Waals surface area contributed by atoms with Crippen LogP contribution in [0.5, 0.6) is 0 Å². The Bertz CT molecular complexity index is 327. The topological polar surface area (TPSA) is 64.7 Å². The summed E-state index contributed by atoms with van der Waals surface area (Å²) in [4.78, 5) is 27.2. The van der Waals surface area contributed by atoms with E-state index in [1.54, 1.807) is 16.8 Å². The van der Waals surface area contributed by atoms with E-state index in [2.05, 4.69) is 10.6 Å². The highest BCUT2D eigenvalue weighted by molar-refractivity contribution is 5.79. The van der Waals surface area contributed by atoms with E-state index in [0.717, 1.165) is 45.4 Å². The van der Waals surface area contributed by atoms with Gasteiger partial charge in [0.2, 0.25) is 5.91 Å². The second kappa shape index (κ2) is 6.75. The molecule has 0 radical (unpaired) electrons. The van der Waals surface area contributed by atoms with Crippen molar-refractivity contribution in [1.82, 2.24) is 20.4 Å². The van der Waals surface area contributed by atoms with Gasteiger partial charge in [-0.15, -0.1) is 0 Å². The standard InChI is InChI=1S/C13H24N4O2/c1-16-9-10-17(13(16)19)8-7-15-12(18)11-3-2-5-14-6-4-11/h11,14H,2-10H2,1H3,(H,15,18). The average molecular weight is 268 g/mol. The fraction of sp³-hybridized carbons (Fsp3) is 0.846. The van der Waals surface area contributed by atoms with Gasteiger partial charge in [0.05, 0.1) is 0 Å². The molecule has 3 amide bonds. The van der Waals surface area contributed by atoms with Crippen molar-refractivity contribution in [3.63, 3.8) is 0 Å². The molecule has 0 saturated carbocycles. The maximum Gasteiger partial charge on any atom is 0.319 e. The zero-order chi connectivity index (χ0) is 13.7. The largest absolute Gasteiger partial charge is 0.354 e. The van der Waals surface area contributed by atoms with Crippen LogP contribution in [0.3, 0.4) is 0 Å². The molecular weight excluding hydrogens is 244 g/mol. The molecule has 0 bridgehead atoms. The predicted octanol–water partition coefficient (Wildman–Crippen LogP) is -0.140. The molecule has 2 aliphatic heterocycles. The zero-order valence-corrected chi connectivity index (χ0v) is 11.7. The first-order chi connectivity index (χ1) is 9.18. The third-order valence-corrected chi connectivity index (χ3v) is 3.93. The van der Waals surface area contributed by atoms with Gasteiger partial charge in [-0.2, -0.15) is 0 Å². The number of nitrogens with one attached hydrogen (secondary N) is 2. The Morgan fingerprint density at radius 3 is 2.95 bits per heavy atom. The molecule has 1 atom stereocenters. The van der Waals surface area contributed by atoms with Crippen molar-refractivity contribution in [2.24, 2.45) is 5.92 Å². The fourth-order valence-electron chi connectivity index (χ4n) is 2.65. The van der Waals surface area contributed by atoms with Gasteiger partial charge in [0, 0.05) is 39.1 Å². The molecule has 0 aromatic carbocycles. The number of carbonyl (C=O) groups is 2. The van der Waals surface area contributed by atoms with Crippen LogP contribution in [0.25, 0.3) is 0 Å². The summed E-state index contributed by atoms with van der Waals surface area (Å²) in [5.74, 6) is 0.274. The van der Waals surface area contributed by atoms with Gasteiger partial charge in [0.25, 0.3) is 0 Å². The minimum atomic E-state index is 0.0629. The lowest BCUT2D eigenvalue weighted by molar-refractivity contribution is -0.125. The Morgan fingerprint density at radius 1 is 1.37 bits per heavy atom. The van der Waals surface area contributed by atoms with Crippen LogP contribution in [0.2, 0.25) is 0 Å². The molecule has 0 aromatic rings. The lowest BCUT2D eigenvalue weighted by Crippen LogP contribution is -2.39. The number of likely N-dealkylation sites (N-methyl/N-ethyl adjacent to an activating group) is 1. The van der Waals surface area contributed by atoms with Crippen LogP contribution >= 0.6 is 0 Å². The van der Waals surface area contributed by atoms with Crippen LogP contribution in [0.15, 0.2) is 0 Å². The van der Waals surface area contributed by atoms with Crippen LogP contribution in [0.1, 0.15) is 19.3 Å². The van der Waals surface area contributed by atoms with Crippen LogP contribution in [0.4, 0.5) is 4.79 Å². The number of urea groups is 1. The summed E-state index contributed by atoms with van der Waals surface area (Å²) >= 11 is 0. The van der Waals surface area contributed by atoms with Gasteiger partial charge in [-0.05, 0) is 32.4 Å². The van der Waals surface area contributed by atoms with Gasteiger partial charge in [-0.3, -0.25) is 4.79 Å². The Kier molecular flexibility index (Phi) is 5.01. The molecular formula is C13H24N4O2. The molecule has 6 nitrogen and oxygen atoms in total. The van der Waals surface area contributed by atoms with E-state index in [1.807, 2.05) is 0 Å². The van der Waals surface area contributed by atoms with Gasteiger partial charge in [0.1, 0.15) is 0 Å².